The van der Waals surface area contributed by atoms with Crippen molar-refractivity contribution in [2.45, 2.75) is 32.1 Å². The Morgan fingerprint density at radius 1 is 1.05 bits per heavy atom. The fraction of sp³-hybridized carbons (Fsp3) is 0.333. The molecule has 1 saturated heterocycles. The number of hydrogen-bond donors (Lipinski definition) is 0. The minimum atomic E-state index is 0.0677. The molecule has 2 aliphatic rings. The van der Waals surface area contributed by atoms with Crippen LogP contribution in [0.5, 0.6) is 0 Å². The van der Waals surface area contributed by atoms with Gasteiger partial charge in [-0.05, 0) is 37.8 Å². The van der Waals surface area contributed by atoms with Crippen molar-refractivity contribution in [1.29, 1.82) is 0 Å². The summed E-state index contributed by atoms with van der Waals surface area (Å²) in [5.41, 5.74) is 2.18. The SMILES string of the molecule is O=C1C(=C2CCCCC2)SC(=S)N1c1ccccc1. The minimum absolute atomic E-state index is 0.0677. The Bertz CT molecular complexity index is 543. The van der Waals surface area contributed by atoms with E-state index in [4.69, 9.17) is 12.2 Å². The van der Waals surface area contributed by atoms with E-state index in [-0.39, 0.29) is 5.91 Å². The number of hydrogen-bond acceptors (Lipinski definition) is 3. The smallest absolute Gasteiger partial charge is 0.268 e. The van der Waals surface area contributed by atoms with Crippen molar-refractivity contribution >= 4 is 39.9 Å². The minimum Gasteiger partial charge on any atom is -0.268 e. The lowest BCUT2D eigenvalue weighted by Gasteiger charge is -2.16. The molecule has 0 unspecified atom stereocenters. The van der Waals surface area contributed by atoms with E-state index in [1.165, 1.54) is 36.6 Å². The van der Waals surface area contributed by atoms with Gasteiger partial charge in [-0.1, -0.05) is 54.2 Å². The van der Waals surface area contributed by atoms with Crippen LogP contribution in [0.2, 0.25) is 0 Å². The second-order valence-corrected chi connectivity index (χ2v) is 6.48. The number of carbonyl (C=O) groups excluding carboxylic acids is 1. The first-order valence-electron chi connectivity index (χ1n) is 6.61. The Labute approximate surface area is 122 Å². The molecule has 0 bridgehead atoms. The predicted molar refractivity (Wildman–Crippen MR) is 84.2 cm³/mol. The summed E-state index contributed by atoms with van der Waals surface area (Å²) < 4.78 is 0.657. The van der Waals surface area contributed by atoms with Crippen LogP contribution in [-0.4, -0.2) is 10.2 Å². The number of carbonyl (C=O) groups is 1. The quantitative estimate of drug-likeness (QED) is 0.569. The van der Waals surface area contributed by atoms with E-state index >= 15 is 0 Å². The van der Waals surface area contributed by atoms with Gasteiger partial charge in [0.25, 0.3) is 5.91 Å². The van der Waals surface area contributed by atoms with Crippen molar-refractivity contribution in [2.75, 3.05) is 4.90 Å². The third kappa shape index (κ3) is 2.47. The van der Waals surface area contributed by atoms with Crippen LogP contribution in [0.15, 0.2) is 40.8 Å². The lowest BCUT2D eigenvalue weighted by atomic mass is 9.94. The van der Waals surface area contributed by atoms with Gasteiger partial charge in [-0.25, -0.2) is 0 Å². The number of thioether (sulfide) groups is 1. The molecule has 0 atom stereocenters. The average molecular weight is 289 g/mol. The third-order valence-electron chi connectivity index (χ3n) is 3.56. The monoisotopic (exact) mass is 289 g/mol. The van der Waals surface area contributed by atoms with Gasteiger partial charge in [0, 0.05) is 0 Å². The molecule has 19 heavy (non-hydrogen) atoms. The zero-order valence-corrected chi connectivity index (χ0v) is 12.2. The second-order valence-electron chi connectivity index (χ2n) is 4.84. The number of para-hydroxylation sites is 1. The van der Waals surface area contributed by atoms with Crippen LogP contribution in [0, 0.1) is 0 Å². The van der Waals surface area contributed by atoms with E-state index in [2.05, 4.69) is 0 Å². The fourth-order valence-electron chi connectivity index (χ4n) is 2.59. The number of amides is 1. The summed E-state index contributed by atoms with van der Waals surface area (Å²) >= 11 is 6.85. The largest absolute Gasteiger partial charge is 0.270 e. The molecule has 1 aliphatic carbocycles. The second kappa shape index (κ2) is 5.47. The molecular formula is C15H15NOS2. The molecule has 0 N–H and O–H groups in total. The van der Waals surface area contributed by atoms with Gasteiger partial charge in [-0.3, -0.25) is 9.69 Å². The summed E-state index contributed by atoms with van der Waals surface area (Å²) in [5.74, 6) is 0.0677. The van der Waals surface area contributed by atoms with Gasteiger partial charge >= 0.3 is 0 Å². The van der Waals surface area contributed by atoms with Gasteiger partial charge in [0.1, 0.15) is 0 Å². The van der Waals surface area contributed by atoms with Crippen LogP contribution in [0.1, 0.15) is 32.1 Å². The number of benzene rings is 1. The summed E-state index contributed by atoms with van der Waals surface area (Å²) in [5, 5.41) is 0. The molecule has 4 heteroatoms. The lowest BCUT2D eigenvalue weighted by molar-refractivity contribution is -0.113. The number of rotatable bonds is 1. The molecule has 1 heterocycles. The van der Waals surface area contributed by atoms with Crippen LogP contribution in [0.4, 0.5) is 5.69 Å². The highest BCUT2D eigenvalue weighted by Gasteiger charge is 2.35. The van der Waals surface area contributed by atoms with Crippen LogP contribution < -0.4 is 4.90 Å². The molecule has 1 amide bonds. The van der Waals surface area contributed by atoms with Crippen molar-refractivity contribution in [1.82, 2.24) is 0 Å². The molecule has 1 aromatic carbocycles. The van der Waals surface area contributed by atoms with Crippen molar-refractivity contribution in [3.8, 4) is 0 Å². The van der Waals surface area contributed by atoms with Gasteiger partial charge in [0.2, 0.25) is 0 Å². The first-order valence-corrected chi connectivity index (χ1v) is 7.83. The molecule has 1 aliphatic heterocycles. The molecule has 2 fully saturated rings. The highest BCUT2D eigenvalue weighted by atomic mass is 32.2. The molecule has 2 nitrogen and oxygen atoms in total. The third-order valence-corrected chi connectivity index (χ3v) is 5.02. The maximum Gasteiger partial charge on any atom is 0.270 e. The Morgan fingerprint density at radius 3 is 2.42 bits per heavy atom. The highest BCUT2D eigenvalue weighted by molar-refractivity contribution is 8.27. The Kier molecular flexibility index (Phi) is 3.71. The Morgan fingerprint density at radius 2 is 1.74 bits per heavy atom. The summed E-state index contributed by atoms with van der Waals surface area (Å²) in [6.45, 7) is 0. The number of anilines is 1. The number of allylic oxidation sites excluding steroid dienone is 1. The molecule has 3 rings (SSSR count). The molecule has 0 radical (unpaired) electrons. The fourth-order valence-corrected chi connectivity index (χ4v) is 4.01. The standard InChI is InChI=1S/C15H15NOS2/c17-14-13(11-7-3-1-4-8-11)19-15(18)16(14)12-9-5-2-6-10-12/h2,5-6,9-10H,1,3-4,7-8H2. The van der Waals surface area contributed by atoms with Crippen LogP contribution in [0.3, 0.4) is 0 Å². The van der Waals surface area contributed by atoms with Gasteiger partial charge in [0.15, 0.2) is 4.32 Å². The topological polar surface area (TPSA) is 20.3 Å². The van der Waals surface area contributed by atoms with Gasteiger partial charge < -0.3 is 0 Å². The van der Waals surface area contributed by atoms with E-state index in [0.717, 1.165) is 23.4 Å². The van der Waals surface area contributed by atoms with Gasteiger partial charge in [-0.15, -0.1) is 0 Å². The molecule has 1 saturated carbocycles. The van der Waals surface area contributed by atoms with Crippen molar-refractivity contribution in [3.63, 3.8) is 0 Å². The first kappa shape index (κ1) is 12.9. The molecule has 0 aromatic heterocycles. The van der Waals surface area contributed by atoms with E-state index in [1.54, 1.807) is 4.90 Å². The van der Waals surface area contributed by atoms with Gasteiger partial charge in [-0.2, -0.15) is 0 Å². The number of nitrogens with zero attached hydrogens (tertiary/aromatic N) is 1. The predicted octanol–water partition coefficient (Wildman–Crippen LogP) is 4.27. The first-order chi connectivity index (χ1) is 9.27. The van der Waals surface area contributed by atoms with Crippen molar-refractivity contribution in [3.05, 3.63) is 40.8 Å². The van der Waals surface area contributed by atoms with Crippen LogP contribution >= 0.6 is 24.0 Å². The average Bonchev–Trinajstić information content (AvgIpc) is 2.76. The maximum absolute atomic E-state index is 12.6. The van der Waals surface area contributed by atoms with Crippen LogP contribution in [0.25, 0.3) is 0 Å². The summed E-state index contributed by atoms with van der Waals surface area (Å²) in [6.07, 6.45) is 5.79. The highest BCUT2D eigenvalue weighted by Crippen LogP contribution is 2.40. The molecule has 1 aromatic rings. The van der Waals surface area contributed by atoms with Crippen molar-refractivity contribution < 1.29 is 4.79 Å². The van der Waals surface area contributed by atoms with E-state index in [1.807, 2.05) is 30.3 Å². The molecule has 98 valence electrons. The summed E-state index contributed by atoms with van der Waals surface area (Å²) in [7, 11) is 0. The normalized spacial score (nSPS) is 20.3. The zero-order valence-electron chi connectivity index (χ0n) is 10.6. The maximum atomic E-state index is 12.6. The molecule has 0 spiro atoms. The van der Waals surface area contributed by atoms with E-state index in [9.17, 15) is 4.79 Å². The zero-order chi connectivity index (χ0) is 13.2. The van der Waals surface area contributed by atoms with Crippen molar-refractivity contribution in [2.24, 2.45) is 0 Å². The lowest BCUT2D eigenvalue weighted by Crippen LogP contribution is -2.27. The summed E-state index contributed by atoms with van der Waals surface area (Å²) in [4.78, 5) is 15.1. The van der Waals surface area contributed by atoms with E-state index < -0.39 is 0 Å². The Hall–Kier alpha value is -1.13. The number of thiocarbonyl (C=S) groups is 1. The molecular weight excluding hydrogens is 274 g/mol. The summed E-state index contributed by atoms with van der Waals surface area (Å²) in [6, 6.07) is 9.67. The Balaban J connectivity index is 1.93. The van der Waals surface area contributed by atoms with E-state index in [0.29, 0.717) is 4.32 Å². The van der Waals surface area contributed by atoms with Crippen LogP contribution in [-0.2, 0) is 4.79 Å². The van der Waals surface area contributed by atoms with Gasteiger partial charge in [0.05, 0.1) is 10.6 Å².